The van der Waals surface area contributed by atoms with E-state index >= 15 is 0 Å². The summed E-state index contributed by atoms with van der Waals surface area (Å²) >= 11 is 6.62. The summed E-state index contributed by atoms with van der Waals surface area (Å²) in [6.45, 7) is 0.880. The van der Waals surface area contributed by atoms with Crippen LogP contribution in [0.1, 0.15) is 24.8 Å². The molecule has 1 aliphatic rings. The van der Waals surface area contributed by atoms with Gasteiger partial charge in [-0.1, -0.05) is 0 Å². The summed E-state index contributed by atoms with van der Waals surface area (Å²) in [7, 11) is 0. The molecule has 3 N–H and O–H groups in total. The van der Waals surface area contributed by atoms with E-state index in [-0.39, 0.29) is 17.9 Å². The van der Waals surface area contributed by atoms with Crippen LogP contribution in [0.3, 0.4) is 0 Å². The summed E-state index contributed by atoms with van der Waals surface area (Å²) in [5.74, 6) is 0.217. The van der Waals surface area contributed by atoms with Crippen molar-refractivity contribution < 1.29 is 10.2 Å². The van der Waals surface area contributed by atoms with E-state index in [2.05, 4.69) is 37.2 Å². The topological polar surface area (TPSA) is 52.5 Å². The van der Waals surface area contributed by atoms with Crippen molar-refractivity contribution in [1.29, 1.82) is 0 Å². The number of phenols is 1. The van der Waals surface area contributed by atoms with Crippen molar-refractivity contribution >= 4 is 31.9 Å². The van der Waals surface area contributed by atoms with E-state index < -0.39 is 0 Å². The molecule has 0 saturated heterocycles. The van der Waals surface area contributed by atoms with Gasteiger partial charge in [-0.25, -0.2) is 0 Å². The smallest absolute Gasteiger partial charge is 0.143 e. The Hall–Kier alpha value is -0.100. The average molecular weight is 365 g/mol. The second kappa shape index (κ2) is 5.26. The molecule has 17 heavy (non-hydrogen) atoms. The molecule has 1 aromatic rings. The first-order chi connectivity index (χ1) is 8.06. The number of hydrogen-bond acceptors (Lipinski definition) is 3. The zero-order valence-electron chi connectivity index (χ0n) is 9.34. The molecular formula is C12H15Br2NO2. The van der Waals surface area contributed by atoms with Crippen LogP contribution in [0.4, 0.5) is 0 Å². The van der Waals surface area contributed by atoms with Gasteiger partial charge in [-0.3, -0.25) is 0 Å². The monoisotopic (exact) mass is 363 g/mol. The van der Waals surface area contributed by atoms with Crippen molar-refractivity contribution in [3.05, 3.63) is 26.6 Å². The number of benzene rings is 1. The minimum atomic E-state index is -0.0865. The molecule has 0 bridgehead atoms. The van der Waals surface area contributed by atoms with Gasteiger partial charge in [-0.15, -0.1) is 0 Å². The molecule has 0 atom stereocenters. The molecule has 1 fully saturated rings. The van der Waals surface area contributed by atoms with Gasteiger partial charge < -0.3 is 15.5 Å². The second-order valence-corrected chi connectivity index (χ2v) is 6.26. The maximum atomic E-state index is 9.61. The highest BCUT2D eigenvalue weighted by atomic mass is 79.9. The maximum Gasteiger partial charge on any atom is 0.143 e. The first kappa shape index (κ1) is 13.3. The molecule has 1 aromatic carbocycles. The summed E-state index contributed by atoms with van der Waals surface area (Å²) in [6.07, 6.45) is 3.24. The summed E-state index contributed by atoms with van der Waals surface area (Å²) < 4.78 is 1.35. The van der Waals surface area contributed by atoms with Crippen LogP contribution in [0.5, 0.6) is 5.75 Å². The molecule has 1 aliphatic carbocycles. The van der Waals surface area contributed by atoms with Gasteiger partial charge in [-0.05, 0) is 68.8 Å². The highest BCUT2D eigenvalue weighted by Gasteiger charge is 2.35. The molecule has 0 amide bonds. The number of phenolic OH excluding ortho intramolecular Hbond substituents is 1. The Bertz CT molecular complexity index is 390. The van der Waals surface area contributed by atoms with Gasteiger partial charge in [0.25, 0.3) is 0 Å². The second-order valence-electron chi connectivity index (χ2n) is 4.55. The fourth-order valence-corrected chi connectivity index (χ4v) is 3.29. The molecular weight excluding hydrogens is 350 g/mol. The van der Waals surface area contributed by atoms with Crippen LogP contribution >= 0.6 is 31.9 Å². The predicted molar refractivity (Wildman–Crippen MR) is 74.0 cm³/mol. The third-order valence-electron chi connectivity index (χ3n) is 3.36. The van der Waals surface area contributed by atoms with Crippen LogP contribution in [-0.4, -0.2) is 22.4 Å². The Balaban J connectivity index is 2.04. The third-order valence-corrected chi connectivity index (χ3v) is 4.57. The Morgan fingerprint density at radius 2 is 1.82 bits per heavy atom. The van der Waals surface area contributed by atoms with Crippen LogP contribution in [0, 0.1) is 0 Å². The van der Waals surface area contributed by atoms with Gasteiger partial charge in [0, 0.05) is 12.1 Å². The van der Waals surface area contributed by atoms with E-state index in [4.69, 9.17) is 0 Å². The maximum absolute atomic E-state index is 9.61. The van der Waals surface area contributed by atoms with E-state index in [1.54, 1.807) is 0 Å². The van der Waals surface area contributed by atoms with Crippen LogP contribution < -0.4 is 5.32 Å². The molecule has 5 heteroatoms. The number of aliphatic hydroxyl groups is 1. The van der Waals surface area contributed by atoms with Gasteiger partial charge in [0.15, 0.2) is 0 Å². The number of aliphatic hydroxyl groups excluding tert-OH is 1. The quantitative estimate of drug-likeness (QED) is 0.769. The Morgan fingerprint density at radius 1 is 1.24 bits per heavy atom. The fourth-order valence-electron chi connectivity index (χ4n) is 2.00. The molecule has 0 unspecified atom stereocenters. The van der Waals surface area contributed by atoms with Gasteiger partial charge in [0.1, 0.15) is 5.75 Å². The number of halogens is 2. The van der Waals surface area contributed by atoms with Gasteiger partial charge in [0.2, 0.25) is 0 Å². The summed E-state index contributed by atoms with van der Waals surface area (Å²) in [6, 6.07) is 3.77. The van der Waals surface area contributed by atoms with E-state index in [0.717, 1.165) is 18.4 Å². The SMILES string of the molecule is OCC1(NCc2cc(Br)c(O)c(Br)c2)CCC1. The first-order valence-corrected chi connectivity index (χ1v) is 7.18. The zero-order valence-corrected chi connectivity index (χ0v) is 12.5. The Labute approximate surface area is 117 Å². The van der Waals surface area contributed by atoms with Crippen LogP contribution in [0.2, 0.25) is 0 Å². The molecule has 1 saturated carbocycles. The third kappa shape index (κ3) is 2.84. The minimum absolute atomic E-state index is 0.0865. The van der Waals surface area contributed by atoms with Crippen molar-refractivity contribution in [2.75, 3.05) is 6.61 Å². The normalized spacial score (nSPS) is 17.8. The van der Waals surface area contributed by atoms with Crippen molar-refractivity contribution in [1.82, 2.24) is 5.32 Å². The van der Waals surface area contributed by atoms with E-state index in [9.17, 15) is 10.2 Å². The molecule has 0 spiro atoms. The van der Waals surface area contributed by atoms with E-state index in [1.165, 1.54) is 6.42 Å². The Morgan fingerprint density at radius 3 is 2.24 bits per heavy atom. The largest absolute Gasteiger partial charge is 0.506 e. The van der Waals surface area contributed by atoms with Gasteiger partial charge >= 0.3 is 0 Å². The highest BCUT2D eigenvalue weighted by molar-refractivity contribution is 9.11. The van der Waals surface area contributed by atoms with Crippen LogP contribution in [0.25, 0.3) is 0 Å². The first-order valence-electron chi connectivity index (χ1n) is 5.59. The standard InChI is InChI=1S/C12H15Br2NO2/c13-9-4-8(5-10(14)11(9)17)6-15-12(7-16)2-1-3-12/h4-5,15-17H,1-3,6-7H2. The van der Waals surface area contributed by atoms with Gasteiger partial charge in [0.05, 0.1) is 15.6 Å². The number of nitrogens with one attached hydrogen (secondary N) is 1. The van der Waals surface area contributed by atoms with Crippen LogP contribution in [-0.2, 0) is 6.54 Å². The molecule has 0 heterocycles. The molecule has 0 aliphatic heterocycles. The lowest BCUT2D eigenvalue weighted by Crippen LogP contribution is -2.53. The number of rotatable bonds is 4. The van der Waals surface area contributed by atoms with Gasteiger partial charge in [-0.2, -0.15) is 0 Å². The summed E-state index contributed by atoms with van der Waals surface area (Å²) in [5.41, 5.74) is 0.984. The molecule has 0 radical (unpaired) electrons. The van der Waals surface area contributed by atoms with Crippen molar-refractivity contribution in [3.8, 4) is 5.75 Å². The fraction of sp³-hybridized carbons (Fsp3) is 0.500. The molecule has 3 nitrogen and oxygen atoms in total. The van der Waals surface area contributed by atoms with E-state index in [1.807, 2.05) is 12.1 Å². The van der Waals surface area contributed by atoms with E-state index in [0.29, 0.717) is 15.5 Å². The lowest BCUT2D eigenvalue weighted by atomic mass is 9.77. The molecule has 94 valence electrons. The lowest BCUT2D eigenvalue weighted by molar-refractivity contribution is 0.0872. The lowest BCUT2D eigenvalue weighted by Gasteiger charge is -2.41. The van der Waals surface area contributed by atoms with Crippen LogP contribution in [0.15, 0.2) is 21.1 Å². The van der Waals surface area contributed by atoms with Crippen molar-refractivity contribution in [2.45, 2.75) is 31.3 Å². The highest BCUT2D eigenvalue weighted by Crippen LogP contribution is 2.35. The van der Waals surface area contributed by atoms with Crippen molar-refractivity contribution in [2.24, 2.45) is 0 Å². The predicted octanol–water partition coefficient (Wildman–Crippen LogP) is 2.92. The number of hydrogen-bond donors (Lipinski definition) is 3. The van der Waals surface area contributed by atoms with Crippen molar-refractivity contribution in [3.63, 3.8) is 0 Å². The zero-order chi connectivity index (χ0) is 12.5. The molecule has 0 aromatic heterocycles. The molecule has 2 rings (SSSR count). The Kier molecular flexibility index (Phi) is 4.13. The number of aromatic hydroxyl groups is 1. The summed E-state index contributed by atoms with van der Waals surface area (Å²) in [5, 5.41) is 22.4. The minimum Gasteiger partial charge on any atom is -0.506 e. The average Bonchev–Trinajstić information content (AvgIpc) is 2.25. The summed E-state index contributed by atoms with van der Waals surface area (Å²) in [4.78, 5) is 0.